The van der Waals surface area contributed by atoms with Crippen LogP contribution in [0.2, 0.25) is 0 Å². The summed E-state index contributed by atoms with van der Waals surface area (Å²) in [5.74, 6) is 0.398. The van der Waals surface area contributed by atoms with Gasteiger partial charge in [-0.15, -0.1) is 0 Å². The lowest BCUT2D eigenvalue weighted by Crippen LogP contribution is -2.18. The average Bonchev–Trinajstić information content (AvgIpc) is 2.38. The van der Waals surface area contributed by atoms with Crippen molar-refractivity contribution in [3.8, 4) is 0 Å². The lowest BCUT2D eigenvalue weighted by Gasteiger charge is -2.20. The van der Waals surface area contributed by atoms with Crippen LogP contribution >= 0.6 is 24.0 Å². The number of benzene rings is 1. The molecule has 0 aliphatic rings. The van der Waals surface area contributed by atoms with E-state index < -0.39 is 0 Å². The van der Waals surface area contributed by atoms with E-state index in [1.54, 1.807) is 6.92 Å². The Morgan fingerprint density at radius 1 is 1.32 bits per heavy atom. The van der Waals surface area contributed by atoms with Crippen LogP contribution in [-0.2, 0) is 4.79 Å². The summed E-state index contributed by atoms with van der Waals surface area (Å²) >= 11 is 6.85. The van der Waals surface area contributed by atoms with E-state index in [0.717, 1.165) is 16.8 Å². The molecule has 19 heavy (non-hydrogen) atoms. The molecule has 1 aromatic rings. The molecule has 102 valence electrons. The van der Waals surface area contributed by atoms with Crippen LogP contribution in [0.3, 0.4) is 0 Å². The van der Waals surface area contributed by atoms with Crippen molar-refractivity contribution in [3.63, 3.8) is 0 Å². The Hall–Kier alpha value is -0.930. The van der Waals surface area contributed by atoms with Gasteiger partial charge in [0.2, 0.25) is 5.12 Å². The Labute approximate surface area is 125 Å². The van der Waals surface area contributed by atoms with Gasteiger partial charge in [0, 0.05) is 10.1 Å². The van der Waals surface area contributed by atoms with Crippen molar-refractivity contribution in [2.75, 3.05) is 0 Å². The molecule has 1 atom stereocenters. The fourth-order valence-electron chi connectivity index (χ4n) is 1.58. The molecule has 0 radical (unpaired) electrons. The van der Waals surface area contributed by atoms with Crippen LogP contribution < -0.4 is 0 Å². The first-order valence-corrected chi connectivity index (χ1v) is 7.65. The first kappa shape index (κ1) is 16.1. The molecule has 3 heteroatoms. The molecule has 0 N–H and O–H groups in total. The lowest BCUT2D eigenvalue weighted by molar-refractivity contribution is -0.107. The van der Waals surface area contributed by atoms with Crippen LogP contribution in [-0.4, -0.2) is 15.2 Å². The van der Waals surface area contributed by atoms with Crippen molar-refractivity contribution < 1.29 is 4.79 Å². The van der Waals surface area contributed by atoms with Crippen molar-refractivity contribution in [2.24, 2.45) is 5.92 Å². The molecule has 0 aromatic heterocycles. The first-order chi connectivity index (χ1) is 8.91. The van der Waals surface area contributed by atoms with Crippen LogP contribution in [0.15, 0.2) is 42.5 Å². The highest BCUT2D eigenvalue weighted by atomic mass is 32.2. The summed E-state index contributed by atoms with van der Waals surface area (Å²) in [6.07, 6.45) is 0.751. The number of hydrogen-bond acceptors (Lipinski definition) is 3. The zero-order valence-electron chi connectivity index (χ0n) is 11.7. The SMILES string of the molecule is C=C(C)C(=O)SC(CC(=S)c1ccccc1)C(C)C. The van der Waals surface area contributed by atoms with E-state index in [1.807, 2.05) is 30.3 Å². The van der Waals surface area contributed by atoms with Crippen molar-refractivity contribution in [2.45, 2.75) is 32.4 Å². The minimum atomic E-state index is 0.0644. The molecule has 0 amide bonds. The van der Waals surface area contributed by atoms with E-state index >= 15 is 0 Å². The van der Waals surface area contributed by atoms with Crippen LogP contribution in [0, 0.1) is 5.92 Å². The highest BCUT2D eigenvalue weighted by Gasteiger charge is 2.20. The summed E-state index contributed by atoms with van der Waals surface area (Å²) in [5.41, 5.74) is 1.67. The standard InChI is InChI=1S/C16H20OS2/c1-11(2)15(19-16(17)12(3)4)10-14(18)13-8-6-5-7-9-13/h5-9,11,15H,3,10H2,1-2,4H3. The van der Waals surface area contributed by atoms with E-state index in [1.165, 1.54) is 11.8 Å². The Bertz CT molecular complexity index is 463. The van der Waals surface area contributed by atoms with Gasteiger partial charge < -0.3 is 0 Å². The maximum Gasteiger partial charge on any atom is 0.214 e. The molecule has 0 saturated carbocycles. The van der Waals surface area contributed by atoms with E-state index in [4.69, 9.17) is 12.2 Å². The summed E-state index contributed by atoms with van der Waals surface area (Å²) in [6.45, 7) is 9.70. The minimum Gasteiger partial charge on any atom is -0.282 e. The van der Waals surface area contributed by atoms with Crippen molar-refractivity contribution in [1.82, 2.24) is 0 Å². The molecule has 0 saturated heterocycles. The summed E-state index contributed by atoms with van der Waals surface area (Å²) in [7, 11) is 0. The second-order valence-electron chi connectivity index (χ2n) is 4.96. The van der Waals surface area contributed by atoms with Gasteiger partial charge in [0.15, 0.2) is 0 Å². The second-order valence-corrected chi connectivity index (χ2v) is 6.67. The number of thiocarbonyl (C=S) groups is 1. The summed E-state index contributed by atoms with van der Waals surface area (Å²) in [5, 5.41) is 0.270. The fourth-order valence-corrected chi connectivity index (χ4v) is 3.00. The zero-order chi connectivity index (χ0) is 14.4. The van der Waals surface area contributed by atoms with E-state index in [-0.39, 0.29) is 10.4 Å². The molecular weight excluding hydrogens is 272 g/mol. The molecule has 0 aliphatic carbocycles. The van der Waals surface area contributed by atoms with E-state index in [0.29, 0.717) is 11.5 Å². The summed E-state index contributed by atoms with van der Waals surface area (Å²) < 4.78 is 0. The van der Waals surface area contributed by atoms with Gasteiger partial charge in [-0.25, -0.2) is 0 Å². The number of thioether (sulfide) groups is 1. The normalized spacial score (nSPS) is 12.2. The van der Waals surface area contributed by atoms with Gasteiger partial charge in [-0.05, 0) is 30.4 Å². The molecule has 1 rings (SSSR count). The van der Waals surface area contributed by atoms with Gasteiger partial charge >= 0.3 is 0 Å². The number of rotatable bonds is 6. The Kier molecular flexibility index (Phi) is 6.46. The summed E-state index contributed by atoms with van der Waals surface area (Å²) in [6, 6.07) is 9.98. The third-order valence-corrected chi connectivity index (χ3v) is 4.81. The van der Waals surface area contributed by atoms with Gasteiger partial charge in [0.25, 0.3) is 0 Å². The van der Waals surface area contributed by atoms with Crippen LogP contribution in [0.1, 0.15) is 32.8 Å². The maximum atomic E-state index is 11.8. The predicted molar refractivity (Wildman–Crippen MR) is 88.8 cm³/mol. The van der Waals surface area contributed by atoms with Crippen LogP contribution in [0.25, 0.3) is 0 Å². The number of carbonyl (C=O) groups excluding carboxylic acids is 1. The molecule has 1 unspecified atom stereocenters. The van der Waals surface area contributed by atoms with E-state index in [9.17, 15) is 4.79 Å². The van der Waals surface area contributed by atoms with Gasteiger partial charge in [-0.1, -0.05) is 74.7 Å². The van der Waals surface area contributed by atoms with Crippen molar-refractivity contribution >= 4 is 34.0 Å². The van der Waals surface area contributed by atoms with Gasteiger partial charge in [0.05, 0.1) is 0 Å². The molecule has 0 fully saturated rings. The number of carbonyl (C=O) groups is 1. The molecule has 1 nitrogen and oxygen atoms in total. The fraction of sp³-hybridized carbons (Fsp3) is 0.375. The molecule has 0 aliphatic heterocycles. The minimum absolute atomic E-state index is 0.0644. The predicted octanol–water partition coefficient (Wildman–Crippen LogP) is 4.66. The Morgan fingerprint density at radius 3 is 2.37 bits per heavy atom. The Morgan fingerprint density at radius 2 is 1.89 bits per heavy atom. The molecular formula is C16H20OS2. The highest BCUT2D eigenvalue weighted by Crippen LogP contribution is 2.27. The first-order valence-electron chi connectivity index (χ1n) is 6.36. The van der Waals surface area contributed by atoms with Crippen molar-refractivity contribution in [3.05, 3.63) is 48.0 Å². The van der Waals surface area contributed by atoms with Gasteiger partial charge in [-0.2, -0.15) is 0 Å². The molecule has 0 heterocycles. The van der Waals surface area contributed by atoms with Gasteiger partial charge in [-0.3, -0.25) is 4.79 Å². The maximum absolute atomic E-state index is 11.8. The topological polar surface area (TPSA) is 17.1 Å². The lowest BCUT2D eigenvalue weighted by atomic mass is 10.0. The summed E-state index contributed by atoms with van der Waals surface area (Å²) in [4.78, 5) is 12.7. The van der Waals surface area contributed by atoms with Crippen molar-refractivity contribution in [1.29, 1.82) is 0 Å². The smallest absolute Gasteiger partial charge is 0.214 e. The Balaban J connectivity index is 2.72. The average molecular weight is 292 g/mol. The van der Waals surface area contributed by atoms with Crippen LogP contribution in [0.5, 0.6) is 0 Å². The van der Waals surface area contributed by atoms with E-state index in [2.05, 4.69) is 20.4 Å². The van der Waals surface area contributed by atoms with Crippen LogP contribution in [0.4, 0.5) is 0 Å². The third-order valence-electron chi connectivity index (χ3n) is 2.83. The highest BCUT2D eigenvalue weighted by molar-refractivity contribution is 8.14. The molecule has 0 spiro atoms. The van der Waals surface area contributed by atoms with Gasteiger partial charge in [0.1, 0.15) is 0 Å². The monoisotopic (exact) mass is 292 g/mol. The quantitative estimate of drug-likeness (QED) is 0.431. The molecule has 0 bridgehead atoms. The third kappa shape index (κ3) is 5.29. The second kappa shape index (κ2) is 7.61. The zero-order valence-corrected chi connectivity index (χ0v) is 13.3. The number of hydrogen-bond donors (Lipinski definition) is 0. The molecule has 1 aromatic carbocycles. The largest absolute Gasteiger partial charge is 0.282 e.